The number of sulfonamides is 1. The van der Waals surface area contributed by atoms with E-state index in [1.165, 1.54) is 12.1 Å². The smallest absolute Gasteiger partial charge is 0.240 e. The van der Waals surface area contributed by atoms with Gasteiger partial charge in [-0.1, -0.05) is 13.8 Å². The number of rotatable bonds is 7. The van der Waals surface area contributed by atoms with E-state index in [0.29, 0.717) is 12.4 Å². The molecule has 0 bridgehead atoms. The maximum Gasteiger partial charge on any atom is 0.240 e. The van der Waals surface area contributed by atoms with Gasteiger partial charge in [0.25, 0.3) is 0 Å². The largest absolute Gasteiger partial charge is 0.494 e. The lowest BCUT2D eigenvalue weighted by Gasteiger charge is -2.21. The molecule has 0 aromatic heterocycles. The lowest BCUT2D eigenvalue weighted by Crippen LogP contribution is -2.36. The molecule has 0 aliphatic carbocycles. The molecule has 6 heteroatoms. The van der Waals surface area contributed by atoms with Crippen LogP contribution in [-0.4, -0.2) is 33.3 Å². The van der Waals surface area contributed by atoms with E-state index in [0.717, 1.165) is 0 Å². The molecule has 1 rings (SSSR count). The number of aliphatic hydroxyl groups excluding tert-OH is 1. The number of aliphatic hydroxyl groups is 1. The van der Waals surface area contributed by atoms with Crippen molar-refractivity contribution in [3.05, 3.63) is 24.3 Å². The molecule has 1 aromatic carbocycles. The van der Waals surface area contributed by atoms with E-state index in [-0.39, 0.29) is 18.0 Å². The Kier molecular flexibility index (Phi) is 5.34. The molecule has 1 aromatic rings. The molecule has 0 heterocycles. The first-order valence-electron chi connectivity index (χ1n) is 6.14. The van der Waals surface area contributed by atoms with E-state index in [2.05, 4.69) is 4.72 Å². The summed E-state index contributed by atoms with van der Waals surface area (Å²) in [5.41, 5.74) is -0.488. The van der Waals surface area contributed by atoms with Crippen LogP contribution in [0.15, 0.2) is 29.2 Å². The number of hydrogen-bond acceptors (Lipinski definition) is 4. The SMILES string of the molecule is CCOc1ccc(S(=O)(=O)NCC(C)(C)CO)cc1. The molecule has 108 valence electrons. The summed E-state index contributed by atoms with van der Waals surface area (Å²) in [7, 11) is -3.55. The minimum atomic E-state index is -3.55. The summed E-state index contributed by atoms with van der Waals surface area (Å²) in [5.74, 6) is 0.636. The summed E-state index contributed by atoms with van der Waals surface area (Å²) in [6, 6.07) is 6.24. The van der Waals surface area contributed by atoms with Crippen LogP contribution in [0, 0.1) is 5.41 Å². The highest BCUT2D eigenvalue weighted by Crippen LogP contribution is 2.17. The van der Waals surface area contributed by atoms with Gasteiger partial charge in [0.1, 0.15) is 5.75 Å². The molecule has 0 atom stereocenters. The van der Waals surface area contributed by atoms with Gasteiger partial charge in [-0.05, 0) is 31.2 Å². The molecule has 0 saturated heterocycles. The molecule has 0 fully saturated rings. The predicted molar refractivity (Wildman–Crippen MR) is 73.7 cm³/mol. The van der Waals surface area contributed by atoms with E-state index in [1.54, 1.807) is 26.0 Å². The summed E-state index contributed by atoms with van der Waals surface area (Å²) in [4.78, 5) is 0.185. The van der Waals surface area contributed by atoms with Gasteiger partial charge in [0, 0.05) is 18.6 Å². The van der Waals surface area contributed by atoms with Crippen molar-refractivity contribution in [3.8, 4) is 5.75 Å². The molecular weight excluding hydrogens is 266 g/mol. The fourth-order valence-corrected chi connectivity index (χ4v) is 2.55. The van der Waals surface area contributed by atoms with Crippen LogP contribution in [0.4, 0.5) is 0 Å². The van der Waals surface area contributed by atoms with Gasteiger partial charge in [-0.2, -0.15) is 0 Å². The minimum Gasteiger partial charge on any atom is -0.494 e. The summed E-state index contributed by atoms with van der Waals surface area (Å²) in [6.45, 7) is 6.07. The molecule has 0 amide bonds. The van der Waals surface area contributed by atoms with Crippen LogP contribution in [0.25, 0.3) is 0 Å². The van der Waals surface area contributed by atoms with Gasteiger partial charge >= 0.3 is 0 Å². The summed E-state index contributed by atoms with van der Waals surface area (Å²) in [6.07, 6.45) is 0. The van der Waals surface area contributed by atoms with E-state index >= 15 is 0 Å². The number of nitrogens with one attached hydrogen (secondary N) is 1. The van der Waals surface area contributed by atoms with Crippen molar-refractivity contribution >= 4 is 10.0 Å². The van der Waals surface area contributed by atoms with Gasteiger partial charge in [-0.15, -0.1) is 0 Å². The molecule has 0 aliphatic heterocycles. The van der Waals surface area contributed by atoms with Gasteiger partial charge in [-0.25, -0.2) is 13.1 Å². The van der Waals surface area contributed by atoms with Gasteiger partial charge < -0.3 is 9.84 Å². The number of benzene rings is 1. The van der Waals surface area contributed by atoms with Gasteiger partial charge in [-0.3, -0.25) is 0 Å². The molecule has 0 saturated carbocycles. The van der Waals surface area contributed by atoms with Crippen molar-refractivity contribution in [2.24, 2.45) is 5.41 Å². The highest BCUT2D eigenvalue weighted by Gasteiger charge is 2.21. The Hall–Kier alpha value is -1.11. The zero-order valence-corrected chi connectivity index (χ0v) is 12.3. The Morgan fingerprint density at radius 3 is 2.32 bits per heavy atom. The van der Waals surface area contributed by atoms with Crippen LogP contribution in [0.3, 0.4) is 0 Å². The Labute approximate surface area is 114 Å². The van der Waals surface area contributed by atoms with Crippen molar-refractivity contribution in [2.75, 3.05) is 19.8 Å². The van der Waals surface area contributed by atoms with Crippen LogP contribution in [0.2, 0.25) is 0 Å². The van der Waals surface area contributed by atoms with Gasteiger partial charge in [0.2, 0.25) is 10.0 Å². The molecule has 0 spiro atoms. The highest BCUT2D eigenvalue weighted by atomic mass is 32.2. The molecule has 0 unspecified atom stereocenters. The standard InChI is InChI=1S/C13H21NO4S/c1-4-18-11-5-7-12(8-6-11)19(16,17)14-9-13(2,3)10-15/h5-8,14-15H,4,9-10H2,1-3H3. The van der Waals surface area contributed by atoms with Crippen molar-refractivity contribution < 1.29 is 18.3 Å². The Morgan fingerprint density at radius 2 is 1.84 bits per heavy atom. The fraction of sp³-hybridized carbons (Fsp3) is 0.538. The van der Waals surface area contributed by atoms with Crippen molar-refractivity contribution in [3.63, 3.8) is 0 Å². The second-order valence-corrected chi connectivity index (χ2v) is 6.82. The molecule has 19 heavy (non-hydrogen) atoms. The van der Waals surface area contributed by atoms with E-state index < -0.39 is 15.4 Å². The Balaban J connectivity index is 2.77. The van der Waals surface area contributed by atoms with Crippen molar-refractivity contribution in [2.45, 2.75) is 25.7 Å². The number of ether oxygens (including phenoxy) is 1. The fourth-order valence-electron chi connectivity index (χ4n) is 1.31. The average Bonchev–Trinajstić information content (AvgIpc) is 2.38. The van der Waals surface area contributed by atoms with Gasteiger partial charge in [0.05, 0.1) is 11.5 Å². The Morgan fingerprint density at radius 1 is 1.26 bits per heavy atom. The third-order valence-electron chi connectivity index (χ3n) is 2.61. The zero-order chi connectivity index (χ0) is 14.5. The maximum atomic E-state index is 12.0. The van der Waals surface area contributed by atoms with Crippen molar-refractivity contribution in [1.82, 2.24) is 4.72 Å². The third-order valence-corrected chi connectivity index (χ3v) is 4.03. The summed E-state index contributed by atoms with van der Waals surface area (Å²) in [5, 5.41) is 9.11. The van der Waals surface area contributed by atoms with Crippen LogP contribution in [0.5, 0.6) is 5.75 Å². The van der Waals surface area contributed by atoms with Crippen LogP contribution in [0.1, 0.15) is 20.8 Å². The maximum absolute atomic E-state index is 12.0. The first-order valence-corrected chi connectivity index (χ1v) is 7.62. The van der Waals surface area contributed by atoms with Crippen LogP contribution < -0.4 is 9.46 Å². The molecule has 2 N–H and O–H groups in total. The van der Waals surface area contributed by atoms with Gasteiger partial charge in [0.15, 0.2) is 0 Å². The van der Waals surface area contributed by atoms with Crippen LogP contribution >= 0.6 is 0 Å². The van der Waals surface area contributed by atoms with E-state index in [4.69, 9.17) is 9.84 Å². The normalized spacial score (nSPS) is 12.4. The molecule has 0 radical (unpaired) electrons. The zero-order valence-electron chi connectivity index (χ0n) is 11.5. The third kappa shape index (κ3) is 4.81. The lowest BCUT2D eigenvalue weighted by molar-refractivity contribution is 0.163. The summed E-state index contributed by atoms with van der Waals surface area (Å²) >= 11 is 0. The second-order valence-electron chi connectivity index (χ2n) is 5.05. The first-order chi connectivity index (χ1) is 8.80. The monoisotopic (exact) mass is 287 g/mol. The quantitative estimate of drug-likeness (QED) is 0.794. The first kappa shape index (κ1) is 15.9. The molecule has 0 aliphatic rings. The second kappa shape index (κ2) is 6.36. The van der Waals surface area contributed by atoms with E-state index in [1.807, 2.05) is 6.92 Å². The average molecular weight is 287 g/mol. The Bertz CT molecular complexity index is 494. The number of hydrogen-bond donors (Lipinski definition) is 2. The topological polar surface area (TPSA) is 75.6 Å². The molecular formula is C13H21NO4S. The highest BCUT2D eigenvalue weighted by molar-refractivity contribution is 7.89. The van der Waals surface area contributed by atoms with E-state index in [9.17, 15) is 8.42 Å². The van der Waals surface area contributed by atoms with Crippen molar-refractivity contribution in [1.29, 1.82) is 0 Å². The molecule has 5 nitrogen and oxygen atoms in total. The lowest BCUT2D eigenvalue weighted by atomic mass is 9.96. The van der Waals surface area contributed by atoms with Crippen LogP contribution in [-0.2, 0) is 10.0 Å². The minimum absolute atomic E-state index is 0.0845. The summed E-state index contributed by atoms with van der Waals surface area (Å²) < 4.78 is 31.8. The predicted octanol–water partition coefficient (Wildman–Crippen LogP) is 1.38.